The Morgan fingerprint density at radius 2 is 0.931 bits per heavy atom. The number of hydrogen-bond acceptors (Lipinski definition) is 6. The first-order valence-electron chi connectivity index (χ1n) is 25.1. The van der Waals surface area contributed by atoms with E-state index in [0.29, 0.717) is 17.4 Å². The highest BCUT2D eigenvalue weighted by molar-refractivity contribution is 7.45. The molecule has 0 fully saturated rings. The van der Waals surface area contributed by atoms with Gasteiger partial charge in [0.2, 0.25) is 5.91 Å². The summed E-state index contributed by atoms with van der Waals surface area (Å²) in [5, 5.41) is 13.8. The smallest absolute Gasteiger partial charge is 0.268 e. The first-order valence-corrected chi connectivity index (χ1v) is 26.5. The van der Waals surface area contributed by atoms with Gasteiger partial charge in [-0.25, -0.2) is 0 Å². The maximum Gasteiger partial charge on any atom is 0.268 e. The van der Waals surface area contributed by atoms with E-state index < -0.39 is 20.0 Å². The van der Waals surface area contributed by atoms with Crippen LogP contribution in [0.15, 0.2) is 12.2 Å². The fourth-order valence-corrected chi connectivity index (χ4v) is 8.23. The summed E-state index contributed by atoms with van der Waals surface area (Å²) in [7, 11) is 1.27. The standard InChI is InChI=1S/C49H99N2O6P/c1-6-8-10-12-14-16-18-20-22-24-25-26-27-29-31-33-35-37-39-41-43-49(53)50-47(46-57-58(54,55)56-45-44-51(3,4)5)48(52)42-40-38-36-34-32-30-28-23-21-19-17-15-13-11-9-7-2/h40,42,47-48,52H,6-39,41,43-46H2,1-5H3,(H-,50,53,54,55)/b42-40+. The zero-order chi connectivity index (χ0) is 42.8. The van der Waals surface area contributed by atoms with Gasteiger partial charge in [-0.1, -0.05) is 231 Å². The maximum absolute atomic E-state index is 12.9. The molecular weight excluding hydrogens is 744 g/mol. The largest absolute Gasteiger partial charge is 0.756 e. The van der Waals surface area contributed by atoms with E-state index >= 15 is 0 Å². The Labute approximate surface area is 361 Å². The van der Waals surface area contributed by atoms with Crippen LogP contribution in [0.4, 0.5) is 0 Å². The number of quaternary nitrogens is 1. The van der Waals surface area contributed by atoms with Crippen LogP contribution in [0.25, 0.3) is 0 Å². The second-order valence-corrected chi connectivity index (χ2v) is 19.9. The summed E-state index contributed by atoms with van der Waals surface area (Å²) in [6.45, 7) is 4.68. The Balaban J connectivity index is 4.28. The molecule has 0 radical (unpaired) electrons. The Kier molecular flexibility index (Phi) is 41.0. The fraction of sp³-hybridized carbons (Fsp3) is 0.939. The van der Waals surface area contributed by atoms with Gasteiger partial charge >= 0.3 is 0 Å². The Hall–Kier alpha value is -0.760. The SMILES string of the molecule is CCCCCCCCCCCCCCCC/C=C/C(O)C(COP(=O)([O-])OCC[N+](C)(C)C)NC(=O)CCCCCCCCCCCCCCCCCCCCCC. The lowest BCUT2D eigenvalue weighted by Gasteiger charge is -2.29. The van der Waals surface area contributed by atoms with Crippen molar-refractivity contribution in [2.45, 2.75) is 257 Å². The van der Waals surface area contributed by atoms with E-state index in [1.54, 1.807) is 6.08 Å². The van der Waals surface area contributed by atoms with Gasteiger partial charge in [-0.3, -0.25) is 9.36 Å². The number of hydrogen-bond donors (Lipinski definition) is 2. The third kappa shape index (κ3) is 43.3. The van der Waals surface area contributed by atoms with Gasteiger partial charge in [0.1, 0.15) is 13.2 Å². The minimum Gasteiger partial charge on any atom is -0.756 e. The van der Waals surface area contributed by atoms with Crippen LogP contribution in [0.2, 0.25) is 0 Å². The van der Waals surface area contributed by atoms with Crippen LogP contribution in [-0.2, 0) is 18.4 Å². The number of nitrogens with one attached hydrogen (secondary N) is 1. The summed E-state index contributed by atoms with van der Waals surface area (Å²) in [4.78, 5) is 25.4. The summed E-state index contributed by atoms with van der Waals surface area (Å²) in [5.41, 5.74) is 0. The zero-order valence-corrected chi connectivity index (χ0v) is 40.2. The first kappa shape index (κ1) is 57.2. The number of allylic oxidation sites excluding steroid dienone is 1. The molecule has 0 heterocycles. The molecule has 0 saturated heterocycles. The number of carbonyl (C=O) groups is 1. The Bertz CT molecular complexity index is 958. The summed E-state index contributed by atoms with van der Waals surface area (Å²) in [5.74, 6) is -0.192. The van der Waals surface area contributed by atoms with Crippen LogP contribution in [0.1, 0.15) is 245 Å². The molecule has 1 amide bonds. The predicted octanol–water partition coefficient (Wildman–Crippen LogP) is 13.7. The molecule has 0 aromatic heterocycles. The Morgan fingerprint density at radius 1 is 0.586 bits per heavy atom. The third-order valence-corrected chi connectivity index (χ3v) is 12.5. The van der Waals surface area contributed by atoms with E-state index in [4.69, 9.17) is 9.05 Å². The molecule has 346 valence electrons. The van der Waals surface area contributed by atoms with Gasteiger partial charge in [0.25, 0.3) is 7.82 Å². The van der Waals surface area contributed by atoms with Gasteiger partial charge in [-0.05, 0) is 19.3 Å². The molecule has 0 spiro atoms. The van der Waals surface area contributed by atoms with Crippen LogP contribution < -0.4 is 10.2 Å². The second-order valence-electron chi connectivity index (χ2n) is 18.5. The fourth-order valence-electron chi connectivity index (χ4n) is 7.51. The number of carbonyl (C=O) groups excluding carboxylic acids is 1. The quantitative estimate of drug-likeness (QED) is 0.0273. The van der Waals surface area contributed by atoms with E-state index in [1.165, 1.54) is 186 Å². The molecule has 9 heteroatoms. The number of phosphoric ester groups is 1. The number of amides is 1. The van der Waals surface area contributed by atoms with E-state index in [1.807, 2.05) is 27.2 Å². The summed E-state index contributed by atoms with van der Waals surface area (Å²) in [6, 6.07) is -0.880. The van der Waals surface area contributed by atoms with Gasteiger partial charge < -0.3 is 28.8 Å². The summed E-state index contributed by atoms with van der Waals surface area (Å²) >= 11 is 0. The molecule has 3 atom stereocenters. The molecule has 0 aliphatic carbocycles. The topological polar surface area (TPSA) is 108 Å². The van der Waals surface area contributed by atoms with E-state index in [-0.39, 0.29) is 19.1 Å². The van der Waals surface area contributed by atoms with Crippen molar-refractivity contribution in [3.05, 3.63) is 12.2 Å². The lowest BCUT2D eigenvalue weighted by molar-refractivity contribution is -0.870. The molecule has 0 rings (SSSR count). The number of likely N-dealkylation sites (N-methyl/N-ethyl adjacent to an activating group) is 1. The van der Waals surface area contributed by atoms with Crippen LogP contribution in [0.3, 0.4) is 0 Å². The summed E-state index contributed by atoms with van der Waals surface area (Å²) in [6.07, 6.45) is 48.3. The predicted molar refractivity (Wildman–Crippen MR) is 247 cm³/mol. The summed E-state index contributed by atoms with van der Waals surface area (Å²) < 4.78 is 23.3. The molecule has 8 nitrogen and oxygen atoms in total. The molecule has 2 N–H and O–H groups in total. The first-order chi connectivity index (χ1) is 28.0. The molecule has 0 saturated carbocycles. The van der Waals surface area contributed by atoms with Crippen LogP contribution in [-0.4, -0.2) is 68.5 Å². The molecule has 0 aromatic rings. The molecule has 0 bridgehead atoms. The van der Waals surface area contributed by atoms with Crippen molar-refractivity contribution in [1.82, 2.24) is 5.32 Å². The number of aliphatic hydroxyl groups is 1. The highest BCUT2D eigenvalue weighted by Crippen LogP contribution is 2.38. The van der Waals surface area contributed by atoms with E-state index in [9.17, 15) is 19.4 Å². The van der Waals surface area contributed by atoms with Gasteiger partial charge in [0.05, 0.1) is 39.9 Å². The lowest BCUT2D eigenvalue weighted by atomic mass is 10.0. The van der Waals surface area contributed by atoms with Crippen molar-refractivity contribution in [2.75, 3.05) is 40.9 Å². The zero-order valence-electron chi connectivity index (χ0n) is 39.3. The van der Waals surface area contributed by atoms with Crippen molar-refractivity contribution < 1.29 is 32.9 Å². The van der Waals surface area contributed by atoms with E-state index in [0.717, 1.165) is 38.5 Å². The maximum atomic E-state index is 12.9. The van der Waals surface area contributed by atoms with Gasteiger partial charge in [-0.2, -0.15) is 0 Å². The normalized spacial score (nSPS) is 14.3. The highest BCUT2D eigenvalue weighted by Gasteiger charge is 2.23. The number of unbranched alkanes of at least 4 members (excludes halogenated alkanes) is 33. The molecule has 0 aromatic carbocycles. The van der Waals surface area contributed by atoms with Crippen LogP contribution in [0.5, 0.6) is 0 Å². The van der Waals surface area contributed by atoms with Crippen molar-refractivity contribution in [3.8, 4) is 0 Å². The molecule has 58 heavy (non-hydrogen) atoms. The number of phosphoric acid groups is 1. The highest BCUT2D eigenvalue weighted by atomic mass is 31.2. The molecular formula is C49H99N2O6P. The van der Waals surface area contributed by atoms with Gasteiger partial charge in [0, 0.05) is 6.42 Å². The van der Waals surface area contributed by atoms with E-state index in [2.05, 4.69) is 19.2 Å². The van der Waals surface area contributed by atoms with Crippen LogP contribution in [0, 0.1) is 0 Å². The average Bonchev–Trinajstić information content (AvgIpc) is 3.17. The number of nitrogens with zero attached hydrogens (tertiary/aromatic N) is 1. The van der Waals surface area contributed by atoms with Crippen molar-refractivity contribution >= 4 is 13.7 Å². The average molecular weight is 843 g/mol. The monoisotopic (exact) mass is 843 g/mol. The molecule has 0 aliphatic rings. The lowest BCUT2D eigenvalue weighted by Crippen LogP contribution is -2.45. The van der Waals surface area contributed by atoms with Gasteiger partial charge in [-0.15, -0.1) is 0 Å². The van der Waals surface area contributed by atoms with Crippen molar-refractivity contribution in [3.63, 3.8) is 0 Å². The second kappa shape index (κ2) is 41.6. The minimum atomic E-state index is -4.58. The van der Waals surface area contributed by atoms with Crippen molar-refractivity contribution in [1.29, 1.82) is 0 Å². The minimum absolute atomic E-state index is 0.00237. The van der Waals surface area contributed by atoms with Crippen molar-refractivity contribution in [2.24, 2.45) is 0 Å². The molecule has 3 unspecified atom stereocenters. The molecule has 0 aliphatic heterocycles. The number of rotatable bonds is 46. The Morgan fingerprint density at radius 3 is 1.29 bits per heavy atom. The third-order valence-electron chi connectivity index (χ3n) is 11.5. The number of aliphatic hydroxyl groups excluding tert-OH is 1. The van der Waals surface area contributed by atoms with Crippen LogP contribution >= 0.6 is 7.82 Å². The van der Waals surface area contributed by atoms with Gasteiger partial charge in [0.15, 0.2) is 0 Å².